The average Bonchev–Trinajstić information content (AvgIpc) is 3.04. The highest BCUT2D eigenvalue weighted by Gasteiger charge is 2.18. The van der Waals surface area contributed by atoms with Crippen LogP contribution in [0.5, 0.6) is 0 Å². The summed E-state index contributed by atoms with van der Waals surface area (Å²) in [6.07, 6.45) is 3.87. The number of hydrogen-bond donors (Lipinski definition) is 2. The molecule has 2 N–H and O–H groups in total. The van der Waals surface area contributed by atoms with Gasteiger partial charge < -0.3 is 14.9 Å². The fourth-order valence-electron chi connectivity index (χ4n) is 2.58. The van der Waals surface area contributed by atoms with Crippen molar-refractivity contribution in [2.24, 2.45) is 0 Å². The first-order chi connectivity index (χ1) is 9.66. The number of carbonyl (C=O) groups excluding carboxylic acids is 1. The van der Waals surface area contributed by atoms with Crippen LogP contribution in [0.1, 0.15) is 22.8 Å². The number of ketones is 1. The Balaban J connectivity index is 2.06. The molecule has 0 aliphatic heterocycles. The molecule has 0 amide bonds. The van der Waals surface area contributed by atoms with Gasteiger partial charge in [0.2, 0.25) is 0 Å². The smallest absolute Gasteiger partial charge is 0.164 e. The lowest BCUT2D eigenvalue weighted by molar-refractivity contribution is 0.101. The average molecular weight is 267 g/mol. The lowest BCUT2D eigenvalue weighted by atomic mass is 10.1. The molecule has 0 aliphatic rings. The molecule has 3 rings (SSSR count). The van der Waals surface area contributed by atoms with Crippen LogP contribution in [-0.4, -0.2) is 22.8 Å². The monoisotopic (exact) mass is 267 g/mol. The fourth-order valence-corrected chi connectivity index (χ4v) is 2.58. The third-order valence-corrected chi connectivity index (χ3v) is 3.50. The third kappa shape index (κ3) is 2.09. The van der Waals surface area contributed by atoms with Crippen molar-refractivity contribution in [3.63, 3.8) is 0 Å². The summed E-state index contributed by atoms with van der Waals surface area (Å²) in [5.74, 6) is 0.957. The van der Waals surface area contributed by atoms with Gasteiger partial charge in [0, 0.05) is 36.9 Å². The molecule has 102 valence electrons. The van der Waals surface area contributed by atoms with E-state index in [1.165, 1.54) is 5.56 Å². The molecular formula is C16H17N3O. The first-order valence-electron chi connectivity index (χ1n) is 6.61. The Hall–Kier alpha value is -2.49. The number of nitrogens with zero attached hydrogens (tertiary/aromatic N) is 1. The Morgan fingerprint density at radius 1 is 1.25 bits per heavy atom. The van der Waals surface area contributed by atoms with Crippen LogP contribution in [0.25, 0.3) is 10.9 Å². The number of Topliss-reactive ketones (excluding diaryl/α,β-unsaturated/α-hetero) is 1. The molecule has 3 aromatic rings. The SMILES string of the molecule is CC(=O)c1c(N(C)Cc2cc[nH]c2)[nH]c2ccccc12. The molecule has 0 radical (unpaired) electrons. The van der Waals surface area contributed by atoms with E-state index in [-0.39, 0.29) is 5.78 Å². The molecule has 0 unspecified atom stereocenters. The van der Waals surface area contributed by atoms with E-state index in [9.17, 15) is 4.79 Å². The fraction of sp³-hybridized carbons (Fsp3) is 0.188. The minimum absolute atomic E-state index is 0.0818. The van der Waals surface area contributed by atoms with E-state index in [0.29, 0.717) is 0 Å². The number of anilines is 1. The Morgan fingerprint density at radius 2 is 2.05 bits per heavy atom. The maximum Gasteiger partial charge on any atom is 0.164 e. The van der Waals surface area contributed by atoms with Crippen molar-refractivity contribution in [1.29, 1.82) is 0 Å². The molecule has 0 spiro atoms. The second-order valence-corrected chi connectivity index (χ2v) is 5.03. The van der Waals surface area contributed by atoms with Crippen molar-refractivity contribution in [3.05, 3.63) is 53.9 Å². The number of fused-ring (bicyclic) bond motifs is 1. The van der Waals surface area contributed by atoms with Crippen molar-refractivity contribution in [3.8, 4) is 0 Å². The van der Waals surface area contributed by atoms with Crippen LogP contribution in [0.3, 0.4) is 0 Å². The van der Waals surface area contributed by atoms with Crippen molar-refractivity contribution in [2.45, 2.75) is 13.5 Å². The highest BCUT2D eigenvalue weighted by molar-refractivity contribution is 6.11. The van der Waals surface area contributed by atoms with Gasteiger partial charge >= 0.3 is 0 Å². The van der Waals surface area contributed by atoms with Crippen LogP contribution in [0.15, 0.2) is 42.7 Å². The molecule has 0 atom stereocenters. The van der Waals surface area contributed by atoms with E-state index in [2.05, 4.69) is 14.9 Å². The zero-order valence-corrected chi connectivity index (χ0v) is 11.6. The summed E-state index contributed by atoms with van der Waals surface area (Å²) in [5, 5.41) is 0.982. The van der Waals surface area contributed by atoms with Crippen molar-refractivity contribution in [1.82, 2.24) is 9.97 Å². The van der Waals surface area contributed by atoms with Crippen molar-refractivity contribution < 1.29 is 4.79 Å². The lowest BCUT2D eigenvalue weighted by Gasteiger charge is -2.18. The first kappa shape index (κ1) is 12.5. The Bertz CT molecular complexity index is 740. The Kier molecular flexibility index (Phi) is 3.06. The summed E-state index contributed by atoms with van der Waals surface area (Å²) in [6.45, 7) is 2.36. The molecule has 4 nitrogen and oxygen atoms in total. The van der Waals surface area contributed by atoms with Gasteiger partial charge in [-0.3, -0.25) is 4.79 Å². The number of carbonyl (C=O) groups is 1. The van der Waals surface area contributed by atoms with Gasteiger partial charge in [-0.05, 0) is 24.6 Å². The number of rotatable bonds is 4. The van der Waals surface area contributed by atoms with Gasteiger partial charge in [-0.2, -0.15) is 0 Å². The van der Waals surface area contributed by atoms with Crippen LogP contribution in [-0.2, 0) is 6.54 Å². The molecule has 2 aromatic heterocycles. The molecule has 0 fully saturated rings. The van der Waals surface area contributed by atoms with E-state index in [1.807, 2.05) is 49.8 Å². The zero-order chi connectivity index (χ0) is 14.1. The van der Waals surface area contributed by atoms with Gasteiger partial charge in [0.1, 0.15) is 5.82 Å². The van der Waals surface area contributed by atoms with E-state index >= 15 is 0 Å². The van der Waals surface area contributed by atoms with Gasteiger partial charge in [-0.15, -0.1) is 0 Å². The van der Waals surface area contributed by atoms with Crippen LogP contribution in [0.2, 0.25) is 0 Å². The Morgan fingerprint density at radius 3 is 2.75 bits per heavy atom. The third-order valence-electron chi connectivity index (χ3n) is 3.50. The van der Waals surface area contributed by atoms with E-state index in [4.69, 9.17) is 0 Å². The van der Waals surface area contributed by atoms with E-state index in [1.54, 1.807) is 6.92 Å². The van der Waals surface area contributed by atoms with Crippen LogP contribution in [0, 0.1) is 0 Å². The second-order valence-electron chi connectivity index (χ2n) is 5.03. The minimum atomic E-state index is 0.0818. The van der Waals surface area contributed by atoms with Gasteiger partial charge in [0.15, 0.2) is 5.78 Å². The number of hydrogen-bond acceptors (Lipinski definition) is 2. The predicted octanol–water partition coefficient (Wildman–Crippen LogP) is 3.34. The van der Waals surface area contributed by atoms with Crippen molar-refractivity contribution >= 4 is 22.5 Å². The molecular weight excluding hydrogens is 250 g/mol. The van der Waals surface area contributed by atoms with Crippen LogP contribution in [0.4, 0.5) is 5.82 Å². The number of aromatic amines is 2. The largest absolute Gasteiger partial charge is 0.367 e. The normalized spacial score (nSPS) is 10.9. The van der Waals surface area contributed by atoms with Gasteiger partial charge in [0.05, 0.1) is 5.56 Å². The molecule has 0 bridgehead atoms. The molecule has 0 aliphatic carbocycles. The summed E-state index contributed by atoms with van der Waals surface area (Å²) in [4.78, 5) is 20.5. The minimum Gasteiger partial charge on any atom is -0.367 e. The first-order valence-corrected chi connectivity index (χ1v) is 6.61. The van der Waals surface area contributed by atoms with Crippen LogP contribution >= 0.6 is 0 Å². The van der Waals surface area contributed by atoms with Crippen molar-refractivity contribution in [2.75, 3.05) is 11.9 Å². The summed E-state index contributed by atoms with van der Waals surface area (Å²) in [7, 11) is 1.99. The summed E-state index contributed by atoms with van der Waals surface area (Å²) in [6, 6.07) is 9.94. The molecule has 0 saturated heterocycles. The van der Waals surface area contributed by atoms with Gasteiger partial charge in [0.25, 0.3) is 0 Å². The number of para-hydroxylation sites is 1. The van der Waals surface area contributed by atoms with E-state index < -0.39 is 0 Å². The highest BCUT2D eigenvalue weighted by Crippen LogP contribution is 2.29. The lowest BCUT2D eigenvalue weighted by Crippen LogP contribution is -2.18. The van der Waals surface area contributed by atoms with Gasteiger partial charge in [-0.25, -0.2) is 0 Å². The Labute approximate surface area is 117 Å². The molecule has 4 heteroatoms. The molecule has 1 aromatic carbocycles. The molecule has 20 heavy (non-hydrogen) atoms. The highest BCUT2D eigenvalue weighted by atomic mass is 16.1. The quantitative estimate of drug-likeness (QED) is 0.712. The molecule has 2 heterocycles. The maximum atomic E-state index is 12.0. The summed E-state index contributed by atoms with van der Waals surface area (Å²) >= 11 is 0. The summed E-state index contributed by atoms with van der Waals surface area (Å²) < 4.78 is 0. The topological polar surface area (TPSA) is 51.9 Å². The predicted molar refractivity (Wildman–Crippen MR) is 81.2 cm³/mol. The maximum absolute atomic E-state index is 12.0. The van der Waals surface area contributed by atoms with Gasteiger partial charge in [-0.1, -0.05) is 18.2 Å². The standard InChI is InChI=1S/C16H17N3O/c1-11(20)15-13-5-3-4-6-14(13)18-16(15)19(2)10-12-7-8-17-9-12/h3-9,17-18H,10H2,1-2H3. The summed E-state index contributed by atoms with van der Waals surface area (Å²) in [5.41, 5.74) is 2.94. The van der Waals surface area contributed by atoms with E-state index in [0.717, 1.165) is 28.8 Å². The second kappa shape index (κ2) is 4.89. The number of benzene rings is 1. The van der Waals surface area contributed by atoms with Crippen LogP contribution < -0.4 is 4.90 Å². The zero-order valence-electron chi connectivity index (χ0n) is 11.6. The number of H-pyrrole nitrogens is 2. The number of nitrogens with one attached hydrogen (secondary N) is 2. The number of aromatic nitrogens is 2. The molecule has 0 saturated carbocycles.